The highest BCUT2D eigenvalue weighted by atomic mass is 19.1. The molecule has 3 heterocycles. The van der Waals surface area contributed by atoms with Gasteiger partial charge in [-0.1, -0.05) is 0 Å². The second kappa shape index (κ2) is 6.92. The van der Waals surface area contributed by atoms with Crippen molar-refractivity contribution in [1.82, 2.24) is 16.0 Å². The lowest BCUT2D eigenvalue weighted by Crippen LogP contribution is -2.55. The van der Waals surface area contributed by atoms with Gasteiger partial charge in [0.1, 0.15) is 11.9 Å². The Bertz CT molecular complexity index is 891. The number of halogens is 1. The molecule has 0 saturated carbocycles. The first kappa shape index (κ1) is 20.0. The summed E-state index contributed by atoms with van der Waals surface area (Å²) in [5, 5.41) is 8.31. The maximum absolute atomic E-state index is 15.0. The molecular weight excluding hydrogens is 397 g/mol. The summed E-state index contributed by atoms with van der Waals surface area (Å²) in [7, 11) is 1.24. The Balaban J connectivity index is 1.46. The summed E-state index contributed by atoms with van der Waals surface area (Å²) in [6.07, 6.45) is -1.79. The molecular formula is C19H24FN5O5. The number of hydrogen-bond donors (Lipinski definition) is 3. The number of alkyl carbamates (subject to hydrolysis) is 1. The van der Waals surface area contributed by atoms with Crippen LogP contribution in [0, 0.1) is 5.82 Å². The van der Waals surface area contributed by atoms with Crippen LogP contribution in [0.2, 0.25) is 0 Å². The third-order valence-electron chi connectivity index (χ3n) is 6.13. The van der Waals surface area contributed by atoms with Crippen molar-refractivity contribution in [2.45, 2.75) is 31.0 Å². The lowest BCUT2D eigenvalue weighted by atomic mass is 9.85. The van der Waals surface area contributed by atoms with E-state index in [0.717, 1.165) is 0 Å². The van der Waals surface area contributed by atoms with Gasteiger partial charge in [-0.3, -0.25) is 4.90 Å². The Morgan fingerprint density at radius 2 is 1.97 bits per heavy atom. The van der Waals surface area contributed by atoms with E-state index in [4.69, 9.17) is 4.74 Å². The van der Waals surface area contributed by atoms with Crippen molar-refractivity contribution < 1.29 is 28.2 Å². The van der Waals surface area contributed by atoms with E-state index in [1.165, 1.54) is 18.1 Å². The lowest BCUT2D eigenvalue weighted by Gasteiger charge is -2.30. The van der Waals surface area contributed by atoms with E-state index >= 15 is 0 Å². The van der Waals surface area contributed by atoms with Crippen LogP contribution < -0.4 is 25.8 Å². The third-order valence-corrected chi connectivity index (χ3v) is 6.13. The molecule has 3 aliphatic heterocycles. The SMILES string of the molecule is COC(=O)NC[C@H]1CN(c2ccc(N3CC4(C)NC(=O)NC4(C)C3)c(F)c2)C(=O)O1. The summed E-state index contributed by atoms with van der Waals surface area (Å²) in [6.45, 7) is 5.04. The number of carbonyl (C=O) groups excluding carboxylic acids is 3. The van der Waals surface area contributed by atoms with E-state index in [0.29, 0.717) is 24.5 Å². The fraction of sp³-hybridized carbons (Fsp3) is 0.526. The van der Waals surface area contributed by atoms with Gasteiger partial charge in [0.05, 0.1) is 42.7 Å². The molecule has 0 spiro atoms. The monoisotopic (exact) mass is 421 g/mol. The Labute approximate surface area is 172 Å². The highest BCUT2D eigenvalue weighted by Gasteiger charge is 2.58. The maximum atomic E-state index is 15.0. The van der Waals surface area contributed by atoms with E-state index in [1.807, 2.05) is 18.7 Å². The molecule has 3 atom stereocenters. The van der Waals surface area contributed by atoms with Gasteiger partial charge in [-0.15, -0.1) is 0 Å². The quantitative estimate of drug-likeness (QED) is 0.673. The predicted molar refractivity (Wildman–Crippen MR) is 105 cm³/mol. The van der Waals surface area contributed by atoms with Crippen LogP contribution in [0.15, 0.2) is 18.2 Å². The Hall–Kier alpha value is -3.24. The molecule has 4 amide bonds. The molecule has 10 nitrogen and oxygen atoms in total. The first-order chi connectivity index (χ1) is 14.1. The number of amides is 4. The minimum atomic E-state index is -0.622. The van der Waals surface area contributed by atoms with Crippen molar-refractivity contribution in [3.8, 4) is 0 Å². The van der Waals surface area contributed by atoms with Crippen LogP contribution in [0.5, 0.6) is 0 Å². The maximum Gasteiger partial charge on any atom is 0.414 e. The number of rotatable bonds is 4. The molecule has 162 valence electrons. The smallest absolute Gasteiger partial charge is 0.414 e. The van der Waals surface area contributed by atoms with Crippen molar-refractivity contribution in [3.05, 3.63) is 24.0 Å². The van der Waals surface area contributed by atoms with Crippen LogP contribution in [-0.4, -0.2) is 68.7 Å². The van der Waals surface area contributed by atoms with Gasteiger partial charge in [-0.2, -0.15) is 0 Å². The summed E-state index contributed by atoms with van der Waals surface area (Å²) in [5.74, 6) is -0.477. The number of hydrogen-bond acceptors (Lipinski definition) is 6. The zero-order chi connectivity index (χ0) is 21.7. The largest absolute Gasteiger partial charge is 0.453 e. The number of fused-ring (bicyclic) bond motifs is 1. The molecule has 0 radical (unpaired) electrons. The van der Waals surface area contributed by atoms with Gasteiger partial charge >= 0.3 is 18.2 Å². The first-order valence-corrected chi connectivity index (χ1v) is 9.59. The molecule has 0 aliphatic carbocycles. The lowest BCUT2D eigenvalue weighted by molar-refractivity contribution is 0.132. The highest BCUT2D eigenvalue weighted by Crippen LogP contribution is 2.39. The Morgan fingerprint density at radius 3 is 2.57 bits per heavy atom. The van der Waals surface area contributed by atoms with Crippen molar-refractivity contribution in [3.63, 3.8) is 0 Å². The van der Waals surface area contributed by atoms with E-state index in [1.54, 1.807) is 12.1 Å². The van der Waals surface area contributed by atoms with E-state index < -0.39 is 35.2 Å². The molecule has 30 heavy (non-hydrogen) atoms. The van der Waals surface area contributed by atoms with Gasteiger partial charge in [0.2, 0.25) is 0 Å². The molecule has 0 aromatic heterocycles. The number of cyclic esters (lactones) is 1. The molecule has 11 heteroatoms. The van der Waals surface area contributed by atoms with Crippen molar-refractivity contribution in [2.75, 3.05) is 43.1 Å². The summed E-state index contributed by atoms with van der Waals surface area (Å²) in [6, 6.07) is 4.34. The van der Waals surface area contributed by atoms with E-state index in [-0.39, 0.29) is 19.1 Å². The summed E-state index contributed by atoms with van der Waals surface area (Å²) in [4.78, 5) is 38.3. The highest BCUT2D eigenvalue weighted by molar-refractivity contribution is 5.90. The molecule has 3 N–H and O–H groups in total. The average Bonchev–Trinajstić information content (AvgIpc) is 3.23. The molecule has 3 saturated heterocycles. The van der Waals surface area contributed by atoms with Gasteiger partial charge in [0.25, 0.3) is 0 Å². The van der Waals surface area contributed by atoms with Crippen molar-refractivity contribution in [1.29, 1.82) is 0 Å². The summed E-state index contributed by atoms with van der Waals surface area (Å²) < 4.78 is 24.7. The Kier molecular flexibility index (Phi) is 4.63. The first-order valence-electron chi connectivity index (χ1n) is 9.59. The molecule has 3 fully saturated rings. The molecule has 1 aromatic carbocycles. The number of anilines is 2. The van der Waals surface area contributed by atoms with Crippen LogP contribution in [0.25, 0.3) is 0 Å². The van der Waals surface area contributed by atoms with Crippen molar-refractivity contribution in [2.24, 2.45) is 0 Å². The molecule has 2 unspecified atom stereocenters. The number of methoxy groups -OCH3 is 1. The number of benzene rings is 1. The minimum Gasteiger partial charge on any atom is -0.453 e. The number of urea groups is 1. The van der Waals surface area contributed by atoms with Gasteiger partial charge in [0.15, 0.2) is 0 Å². The molecule has 0 bridgehead atoms. The van der Waals surface area contributed by atoms with Crippen LogP contribution >= 0.6 is 0 Å². The van der Waals surface area contributed by atoms with E-state index in [2.05, 4.69) is 20.7 Å². The average molecular weight is 421 g/mol. The van der Waals surface area contributed by atoms with Gasteiger partial charge in [-0.25, -0.2) is 18.8 Å². The summed E-state index contributed by atoms with van der Waals surface area (Å²) >= 11 is 0. The zero-order valence-electron chi connectivity index (χ0n) is 17.0. The summed E-state index contributed by atoms with van der Waals surface area (Å²) in [5.41, 5.74) is -0.282. The Morgan fingerprint density at radius 1 is 1.30 bits per heavy atom. The topological polar surface area (TPSA) is 112 Å². The van der Waals surface area contributed by atoms with Crippen LogP contribution in [0.4, 0.5) is 30.1 Å². The number of ether oxygens (including phenoxy) is 2. The predicted octanol–water partition coefficient (Wildman–Crippen LogP) is 1.16. The minimum absolute atomic E-state index is 0.0964. The van der Waals surface area contributed by atoms with Gasteiger partial charge in [-0.05, 0) is 32.0 Å². The van der Waals surface area contributed by atoms with E-state index in [9.17, 15) is 18.8 Å². The van der Waals surface area contributed by atoms with Crippen LogP contribution in [0.1, 0.15) is 13.8 Å². The number of carbonyl (C=O) groups is 3. The molecule has 1 aromatic rings. The standard InChI is InChI=1S/C19H24FN5O5/c1-18-9-24(10-19(18,2)23-15(26)22-18)14-5-4-11(6-13(14)20)25-8-12(30-17(25)28)7-21-16(27)29-3/h4-6,12H,7-10H2,1-3H3,(H,21,27)(H2,22,23,26)/t12-,18?,19?/m0/s1. The fourth-order valence-electron chi connectivity index (χ4n) is 4.25. The van der Waals surface area contributed by atoms with Crippen LogP contribution in [-0.2, 0) is 9.47 Å². The second-order valence-corrected chi connectivity index (χ2v) is 8.22. The molecule has 3 aliphatic rings. The van der Waals surface area contributed by atoms with Crippen LogP contribution in [0.3, 0.4) is 0 Å². The third kappa shape index (κ3) is 3.23. The second-order valence-electron chi connectivity index (χ2n) is 8.22. The number of nitrogens with one attached hydrogen (secondary N) is 3. The molecule has 4 rings (SSSR count). The van der Waals surface area contributed by atoms with Gasteiger partial charge < -0.3 is 30.3 Å². The van der Waals surface area contributed by atoms with Gasteiger partial charge in [0, 0.05) is 13.1 Å². The fourth-order valence-corrected chi connectivity index (χ4v) is 4.25. The van der Waals surface area contributed by atoms with Crippen molar-refractivity contribution >= 4 is 29.6 Å². The normalized spacial score (nSPS) is 29.9. The zero-order valence-corrected chi connectivity index (χ0v) is 17.0. The number of nitrogens with zero attached hydrogens (tertiary/aromatic N) is 2.